The van der Waals surface area contributed by atoms with Crippen molar-refractivity contribution in [3.63, 3.8) is 0 Å². The summed E-state index contributed by atoms with van der Waals surface area (Å²) in [6, 6.07) is 65.0. The van der Waals surface area contributed by atoms with Crippen molar-refractivity contribution in [1.82, 2.24) is 9.13 Å². The molecule has 0 fully saturated rings. The fraction of sp³-hybridized carbons (Fsp3) is 0.0566. The van der Waals surface area contributed by atoms with Crippen LogP contribution in [0.15, 0.2) is 199 Å². The zero-order valence-corrected chi connectivity index (χ0v) is 31.7. The molecule has 0 saturated heterocycles. The van der Waals surface area contributed by atoms with E-state index in [-0.39, 0.29) is 5.41 Å². The first kappa shape index (κ1) is 31.8. The van der Waals surface area contributed by atoms with Crippen molar-refractivity contribution in [2.24, 2.45) is 0 Å². The number of hydrogen-bond acceptors (Lipinski definition) is 1. The van der Waals surface area contributed by atoms with E-state index in [1.807, 2.05) is 11.8 Å². The van der Waals surface area contributed by atoms with Gasteiger partial charge in [-0.1, -0.05) is 140 Å². The molecule has 10 aromatic rings. The van der Waals surface area contributed by atoms with E-state index in [9.17, 15) is 0 Å². The van der Waals surface area contributed by atoms with Crippen LogP contribution in [-0.2, 0) is 5.41 Å². The highest BCUT2D eigenvalue weighted by molar-refractivity contribution is 8.00. The Morgan fingerprint density at radius 3 is 1.84 bits per heavy atom. The molecule has 1 aliphatic heterocycles. The number of aromatic nitrogens is 2. The van der Waals surface area contributed by atoms with Crippen LogP contribution in [0.3, 0.4) is 0 Å². The molecule has 0 bridgehead atoms. The molecule has 2 aromatic heterocycles. The molecule has 8 aromatic carbocycles. The van der Waals surface area contributed by atoms with Gasteiger partial charge in [0.15, 0.2) is 0 Å². The van der Waals surface area contributed by atoms with Crippen LogP contribution >= 0.6 is 11.8 Å². The summed E-state index contributed by atoms with van der Waals surface area (Å²) in [5.41, 5.74) is 13.8. The Balaban J connectivity index is 1.01. The lowest BCUT2D eigenvalue weighted by atomic mass is 9.73. The Bertz CT molecular complexity index is 3310. The van der Waals surface area contributed by atoms with Gasteiger partial charge in [-0.05, 0) is 93.9 Å². The van der Waals surface area contributed by atoms with Gasteiger partial charge in [0, 0.05) is 48.2 Å². The van der Waals surface area contributed by atoms with Gasteiger partial charge in [0.25, 0.3) is 0 Å². The molecule has 0 N–H and O–H groups in total. The molecule has 3 heterocycles. The number of hydrogen-bond donors (Lipinski definition) is 0. The molecule has 0 radical (unpaired) electrons. The highest BCUT2D eigenvalue weighted by atomic mass is 32.2. The molecule has 1 aliphatic carbocycles. The number of para-hydroxylation sites is 3. The number of thioether (sulfide) groups is 1. The van der Waals surface area contributed by atoms with E-state index in [0.717, 1.165) is 0 Å². The predicted molar refractivity (Wildman–Crippen MR) is 239 cm³/mol. The second-order valence-corrected chi connectivity index (χ2v) is 16.6. The van der Waals surface area contributed by atoms with Crippen molar-refractivity contribution in [3.8, 4) is 22.5 Å². The molecule has 2 nitrogen and oxygen atoms in total. The lowest BCUT2D eigenvalue weighted by Crippen LogP contribution is -2.31. The summed E-state index contributed by atoms with van der Waals surface area (Å²) < 4.78 is 4.86. The summed E-state index contributed by atoms with van der Waals surface area (Å²) in [6.45, 7) is 2.41. The molecular formula is C53H36N2S. The van der Waals surface area contributed by atoms with Gasteiger partial charge in [0.05, 0.1) is 27.8 Å². The van der Waals surface area contributed by atoms with E-state index in [1.165, 1.54) is 98.5 Å². The summed E-state index contributed by atoms with van der Waals surface area (Å²) in [6.07, 6.45) is 7.04. The molecule has 56 heavy (non-hydrogen) atoms. The normalized spacial score (nSPS) is 17.6. The van der Waals surface area contributed by atoms with Crippen molar-refractivity contribution >= 4 is 71.7 Å². The van der Waals surface area contributed by atoms with Gasteiger partial charge >= 0.3 is 0 Å². The number of allylic oxidation sites excluding steroid dienone is 3. The molecule has 0 saturated carbocycles. The minimum absolute atomic E-state index is 0.0425. The lowest BCUT2D eigenvalue weighted by molar-refractivity contribution is 0.628. The van der Waals surface area contributed by atoms with Gasteiger partial charge in [-0.3, -0.25) is 0 Å². The number of benzene rings is 8. The Kier molecular flexibility index (Phi) is 6.79. The number of fused-ring (bicyclic) bond motifs is 10. The quantitative estimate of drug-likeness (QED) is 0.175. The van der Waals surface area contributed by atoms with Crippen molar-refractivity contribution in [2.75, 3.05) is 0 Å². The van der Waals surface area contributed by atoms with E-state index < -0.39 is 0 Å². The molecule has 3 heteroatoms. The van der Waals surface area contributed by atoms with Gasteiger partial charge in [-0.2, -0.15) is 0 Å². The fourth-order valence-corrected chi connectivity index (χ4v) is 11.4. The second-order valence-electron chi connectivity index (χ2n) is 15.4. The third kappa shape index (κ3) is 4.46. The van der Waals surface area contributed by atoms with E-state index in [4.69, 9.17) is 0 Å². The number of rotatable bonds is 4. The van der Waals surface area contributed by atoms with Gasteiger partial charge < -0.3 is 9.13 Å². The smallest absolute Gasteiger partial charge is 0.0541 e. The summed E-state index contributed by atoms with van der Waals surface area (Å²) in [5.74, 6) is 0. The van der Waals surface area contributed by atoms with Crippen LogP contribution in [0.4, 0.5) is 0 Å². The second kappa shape index (κ2) is 12.0. The predicted octanol–water partition coefficient (Wildman–Crippen LogP) is 14.1. The summed E-state index contributed by atoms with van der Waals surface area (Å²) in [4.78, 5) is 1.39. The van der Waals surface area contributed by atoms with Crippen LogP contribution in [0, 0.1) is 0 Å². The zero-order chi connectivity index (χ0) is 37.0. The van der Waals surface area contributed by atoms with Crippen LogP contribution in [0.2, 0.25) is 0 Å². The third-order valence-corrected chi connectivity index (χ3v) is 14.0. The van der Waals surface area contributed by atoms with Crippen LogP contribution in [0.5, 0.6) is 0 Å². The van der Waals surface area contributed by atoms with Gasteiger partial charge in [0.2, 0.25) is 0 Å². The Hall–Kier alpha value is -6.55. The first-order valence-electron chi connectivity index (χ1n) is 19.5. The minimum atomic E-state index is -0.0425. The van der Waals surface area contributed by atoms with E-state index in [0.29, 0.717) is 5.25 Å². The maximum absolute atomic E-state index is 2.48. The topological polar surface area (TPSA) is 9.86 Å². The average molecular weight is 733 g/mol. The van der Waals surface area contributed by atoms with Crippen LogP contribution < -0.4 is 0 Å². The average Bonchev–Trinajstić information content (AvgIpc) is 3.88. The molecule has 12 rings (SSSR count). The monoisotopic (exact) mass is 732 g/mol. The van der Waals surface area contributed by atoms with E-state index >= 15 is 0 Å². The van der Waals surface area contributed by atoms with E-state index in [1.54, 1.807) is 0 Å². The SMILES string of the molecule is CC12C=CC=C(c3cccc4c(-n5c6ccccc6c6cc(-c7ccc8c(c7)c7ccccc7n8-c7ccccc7)ccc65)cccc34)C1Sc1ccccc12. The Morgan fingerprint density at radius 2 is 1.07 bits per heavy atom. The molecule has 0 amide bonds. The lowest BCUT2D eigenvalue weighted by Gasteiger charge is -2.33. The Morgan fingerprint density at radius 1 is 0.482 bits per heavy atom. The van der Waals surface area contributed by atoms with E-state index in [2.05, 4.69) is 210 Å². The summed E-state index contributed by atoms with van der Waals surface area (Å²) in [5, 5.41) is 7.91. The molecule has 0 spiro atoms. The van der Waals surface area contributed by atoms with Gasteiger partial charge in [0.1, 0.15) is 0 Å². The maximum Gasteiger partial charge on any atom is 0.0541 e. The van der Waals surface area contributed by atoms with Crippen molar-refractivity contribution in [1.29, 1.82) is 0 Å². The number of nitrogens with zero attached hydrogens (tertiary/aromatic N) is 2. The molecule has 264 valence electrons. The Labute approximate surface area is 329 Å². The summed E-state index contributed by atoms with van der Waals surface area (Å²) >= 11 is 2.01. The van der Waals surface area contributed by atoms with Crippen molar-refractivity contribution in [3.05, 3.63) is 205 Å². The van der Waals surface area contributed by atoms with Gasteiger partial charge in [-0.15, -0.1) is 11.8 Å². The highest BCUT2D eigenvalue weighted by Crippen LogP contribution is 2.56. The van der Waals surface area contributed by atoms with Crippen LogP contribution in [0.25, 0.3) is 82.5 Å². The minimum Gasteiger partial charge on any atom is -0.309 e. The van der Waals surface area contributed by atoms with Crippen LogP contribution in [-0.4, -0.2) is 14.4 Å². The fourth-order valence-electron chi connectivity index (χ4n) is 9.80. The largest absolute Gasteiger partial charge is 0.309 e. The molecule has 2 unspecified atom stereocenters. The third-order valence-electron chi connectivity index (χ3n) is 12.4. The maximum atomic E-state index is 2.48. The molecule has 2 atom stereocenters. The highest BCUT2D eigenvalue weighted by Gasteiger charge is 2.45. The van der Waals surface area contributed by atoms with Crippen LogP contribution in [0.1, 0.15) is 18.1 Å². The van der Waals surface area contributed by atoms with Gasteiger partial charge in [-0.25, -0.2) is 0 Å². The first-order valence-corrected chi connectivity index (χ1v) is 20.3. The molecule has 2 aliphatic rings. The standard InChI is InChI=1S/C53H36N2S/c1-53-31-13-21-42(52(53)56-51-26-10-7-22-45(51)53)38-18-11-20-39-37(38)19-12-25-48(39)55-47-24-9-6-17-41(47)44-33-35(28-30-50(44)55)34-27-29-49-43(32-34)40-16-5-8-23-46(40)54(49)36-14-3-2-4-15-36/h2-33,52H,1H3. The van der Waals surface area contributed by atoms with Crippen molar-refractivity contribution in [2.45, 2.75) is 22.5 Å². The molecular weight excluding hydrogens is 697 g/mol. The zero-order valence-electron chi connectivity index (χ0n) is 30.9. The summed E-state index contributed by atoms with van der Waals surface area (Å²) in [7, 11) is 0. The van der Waals surface area contributed by atoms with Crippen molar-refractivity contribution < 1.29 is 0 Å². The first-order chi connectivity index (χ1) is 27.7.